The highest BCUT2D eigenvalue weighted by Crippen LogP contribution is 2.26. The van der Waals surface area contributed by atoms with Crippen LogP contribution < -0.4 is 5.56 Å². The van der Waals surface area contributed by atoms with E-state index in [2.05, 4.69) is 10.1 Å². The summed E-state index contributed by atoms with van der Waals surface area (Å²) in [7, 11) is -3.50. The number of carbonyl (C=O) groups is 1. The van der Waals surface area contributed by atoms with Crippen LogP contribution >= 0.6 is 0 Å². The minimum atomic E-state index is -3.50. The number of fused-ring (bicyclic) bond motifs is 2. The van der Waals surface area contributed by atoms with Gasteiger partial charge in [0.1, 0.15) is 0 Å². The average Bonchev–Trinajstić information content (AvgIpc) is 3.46. The van der Waals surface area contributed by atoms with Gasteiger partial charge >= 0.3 is 0 Å². The van der Waals surface area contributed by atoms with Crippen molar-refractivity contribution < 1.29 is 13.2 Å². The topological polar surface area (TPSA) is 111 Å². The van der Waals surface area contributed by atoms with Crippen LogP contribution in [-0.2, 0) is 28.0 Å². The van der Waals surface area contributed by atoms with Gasteiger partial charge in [0.2, 0.25) is 5.91 Å². The van der Waals surface area contributed by atoms with Gasteiger partial charge in [0, 0.05) is 51.4 Å². The number of hydrogen-bond acceptors (Lipinski definition) is 5. The lowest BCUT2D eigenvalue weighted by atomic mass is 9.96. The first kappa shape index (κ1) is 19.7. The van der Waals surface area contributed by atoms with Crippen molar-refractivity contribution in [2.45, 2.75) is 38.6 Å². The molecular formula is C19H26N6O4S. The maximum Gasteiger partial charge on any atom is 0.281 e. The number of aromatic nitrogens is 3. The Labute approximate surface area is 174 Å². The summed E-state index contributed by atoms with van der Waals surface area (Å²) in [6.45, 7) is 2.51. The molecule has 11 heteroatoms. The number of carbonyl (C=O) groups excluding carboxylic acids is 1. The molecule has 2 aromatic rings. The molecule has 162 valence electrons. The molecule has 3 aliphatic heterocycles. The maximum absolute atomic E-state index is 13.2. The van der Waals surface area contributed by atoms with Crippen LogP contribution in [0.5, 0.6) is 0 Å². The molecule has 1 N–H and O–H groups in total. The minimum absolute atomic E-state index is 0.0713. The van der Waals surface area contributed by atoms with Crippen molar-refractivity contribution in [3.8, 4) is 0 Å². The van der Waals surface area contributed by atoms with Gasteiger partial charge in [-0.05, 0) is 25.7 Å². The van der Waals surface area contributed by atoms with E-state index in [9.17, 15) is 18.0 Å². The number of H-pyrrole nitrogens is 1. The molecule has 2 aromatic heterocycles. The first-order valence-electron chi connectivity index (χ1n) is 10.6. The molecule has 0 bridgehead atoms. The van der Waals surface area contributed by atoms with E-state index in [1.807, 2.05) is 0 Å². The standard InChI is InChI=1S/C19H26N6O4S/c26-18(14-4-3-10-24(12-14)30(28,29)23-8-1-2-9-23)22-11-6-16-15(13-22)19(27)25-17(21-16)5-7-20-25/h5,7,14,20H,1-4,6,8-13H2/t14-/m1/s1. The number of amides is 1. The lowest BCUT2D eigenvalue weighted by molar-refractivity contribution is -0.137. The summed E-state index contributed by atoms with van der Waals surface area (Å²) in [4.78, 5) is 32.2. The molecule has 0 aromatic carbocycles. The van der Waals surface area contributed by atoms with Crippen LogP contribution in [0.2, 0.25) is 0 Å². The molecule has 0 saturated carbocycles. The zero-order valence-corrected chi connectivity index (χ0v) is 17.6. The van der Waals surface area contributed by atoms with Crippen molar-refractivity contribution in [3.63, 3.8) is 0 Å². The van der Waals surface area contributed by atoms with E-state index >= 15 is 0 Å². The first-order chi connectivity index (χ1) is 14.4. The fourth-order valence-corrected chi connectivity index (χ4v) is 6.57. The molecule has 0 aliphatic carbocycles. The van der Waals surface area contributed by atoms with Gasteiger partial charge in [0.25, 0.3) is 15.8 Å². The minimum Gasteiger partial charge on any atom is -0.337 e. The second-order valence-electron chi connectivity index (χ2n) is 8.32. The highest BCUT2D eigenvalue weighted by atomic mass is 32.2. The Balaban J connectivity index is 1.33. The van der Waals surface area contributed by atoms with E-state index in [1.165, 1.54) is 13.1 Å². The van der Waals surface area contributed by atoms with Crippen LogP contribution in [0, 0.1) is 5.92 Å². The van der Waals surface area contributed by atoms with Crippen molar-refractivity contribution >= 4 is 21.8 Å². The summed E-state index contributed by atoms with van der Waals surface area (Å²) in [5, 5.41) is 2.85. The molecule has 2 fully saturated rings. The number of aromatic amines is 1. The Morgan fingerprint density at radius 1 is 1.10 bits per heavy atom. The third-order valence-corrected chi connectivity index (χ3v) is 8.46. The number of nitrogens with one attached hydrogen (secondary N) is 1. The average molecular weight is 435 g/mol. The van der Waals surface area contributed by atoms with E-state index in [0.29, 0.717) is 56.7 Å². The third-order valence-electron chi connectivity index (χ3n) is 6.45. The molecular weight excluding hydrogens is 408 g/mol. The van der Waals surface area contributed by atoms with E-state index in [-0.39, 0.29) is 30.5 Å². The zero-order chi connectivity index (χ0) is 20.9. The molecule has 1 atom stereocenters. The fourth-order valence-electron chi connectivity index (χ4n) is 4.80. The van der Waals surface area contributed by atoms with Crippen LogP contribution in [0.1, 0.15) is 36.9 Å². The Bertz CT molecular complexity index is 1130. The van der Waals surface area contributed by atoms with E-state index < -0.39 is 10.2 Å². The Morgan fingerprint density at radius 2 is 1.87 bits per heavy atom. The van der Waals surface area contributed by atoms with Gasteiger partial charge < -0.3 is 4.90 Å². The predicted octanol–water partition coefficient (Wildman–Crippen LogP) is -0.0401. The monoisotopic (exact) mass is 434 g/mol. The van der Waals surface area contributed by atoms with Crippen molar-refractivity contribution in [1.82, 2.24) is 28.1 Å². The zero-order valence-electron chi connectivity index (χ0n) is 16.8. The second-order valence-corrected chi connectivity index (χ2v) is 10.2. The highest BCUT2D eigenvalue weighted by molar-refractivity contribution is 7.86. The van der Waals surface area contributed by atoms with E-state index in [4.69, 9.17) is 0 Å². The third kappa shape index (κ3) is 3.25. The van der Waals surface area contributed by atoms with Crippen LogP contribution in [-0.4, -0.2) is 75.2 Å². The van der Waals surface area contributed by atoms with Crippen LogP contribution in [0.25, 0.3) is 5.65 Å². The summed E-state index contributed by atoms with van der Waals surface area (Å²) in [5.41, 5.74) is 1.67. The Hall–Kier alpha value is -2.24. The largest absolute Gasteiger partial charge is 0.337 e. The van der Waals surface area contributed by atoms with Crippen molar-refractivity contribution in [3.05, 3.63) is 33.9 Å². The van der Waals surface area contributed by atoms with Gasteiger partial charge in [0.05, 0.1) is 23.7 Å². The quantitative estimate of drug-likeness (QED) is 0.729. The van der Waals surface area contributed by atoms with Gasteiger partial charge in [-0.25, -0.2) is 9.50 Å². The number of hydrogen-bond donors (Lipinski definition) is 1. The fraction of sp³-hybridized carbons (Fsp3) is 0.632. The molecule has 10 nitrogen and oxygen atoms in total. The van der Waals surface area contributed by atoms with Gasteiger partial charge in [-0.3, -0.25) is 14.7 Å². The smallest absolute Gasteiger partial charge is 0.281 e. The van der Waals surface area contributed by atoms with Crippen LogP contribution in [0.4, 0.5) is 0 Å². The Kier molecular flexibility index (Phi) is 4.91. The summed E-state index contributed by atoms with van der Waals surface area (Å²) in [6, 6.07) is 1.75. The highest BCUT2D eigenvalue weighted by Gasteiger charge is 2.38. The molecule has 0 radical (unpaired) electrons. The Morgan fingerprint density at radius 3 is 2.67 bits per heavy atom. The van der Waals surface area contributed by atoms with Gasteiger partial charge in [-0.2, -0.15) is 17.0 Å². The predicted molar refractivity (Wildman–Crippen MR) is 109 cm³/mol. The van der Waals surface area contributed by atoms with Gasteiger partial charge in [0.15, 0.2) is 5.65 Å². The van der Waals surface area contributed by atoms with E-state index in [1.54, 1.807) is 17.2 Å². The first-order valence-corrected chi connectivity index (χ1v) is 12.0. The normalized spacial score (nSPS) is 23.7. The second kappa shape index (κ2) is 7.47. The van der Waals surface area contributed by atoms with Crippen LogP contribution in [0.3, 0.4) is 0 Å². The maximum atomic E-state index is 13.2. The number of piperidine rings is 1. The van der Waals surface area contributed by atoms with Gasteiger partial charge in [-0.1, -0.05) is 0 Å². The van der Waals surface area contributed by atoms with Crippen molar-refractivity contribution in [2.75, 3.05) is 32.7 Å². The number of nitrogens with zero attached hydrogens (tertiary/aromatic N) is 5. The molecule has 0 unspecified atom stereocenters. The lowest BCUT2D eigenvalue weighted by Gasteiger charge is -2.37. The summed E-state index contributed by atoms with van der Waals surface area (Å²) in [5.74, 6) is -0.444. The van der Waals surface area contributed by atoms with Crippen molar-refractivity contribution in [1.29, 1.82) is 0 Å². The number of rotatable bonds is 3. The molecule has 30 heavy (non-hydrogen) atoms. The summed E-state index contributed by atoms with van der Waals surface area (Å²) >= 11 is 0. The summed E-state index contributed by atoms with van der Waals surface area (Å²) in [6.07, 6.45) is 5.30. The molecule has 5 heterocycles. The molecule has 1 amide bonds. The van der Waals surface area contributed by atoms with Crippen LogP contribution in [0.15, 0.2) is 17.1 Å². The van der Waals surface area contributed by atoms with Gasteiger partial charge in [-0.15, -0.1) is 0 Å². The molecule has 0 spiro atoms. The lowest BCUT2D eigenvalue weighted by Crippen LogP contribution is -2.51. The molecule has 2 saturated heterocycles. The van der Waals surface area contributed by atoms with E-state index in [0.717, 1.165) is 18.5 Å². The summed E-state index contributed by atoms with van der Waals surface area (Å²) < 4.78 is 30.2. The molecule has 5 rings (SSSR count). The van der Waals surface area contributed by atoms with Crippen molar-refractivity contribution in [2.24, 2.45) is 5.92 Å². The SMILES string of the molecule is O=C([C@@H]1CCCN(S(=O)(=O)N2CCCC2)C1)N1CCc2nc3cc[nH]n3c(=O)c2C1. The molecule has 3 aliphatic rings.